The summed E-state index contributed by atoms with van der Waals surface area (Å²) >= 11 is 1.45. The van der Waals surface area contributed by atoms with Crippen molar-refractivity contribution in [1.82, 2.24) is 20.4 Å². The highest BCUT2D eigenvalue weighted by molar-refractivity contribution is 7.15. The Morgan fingerprint density at radius 1 is 1.22 bits per heavy atom. The maximum Gasteiger partial charge on any atom is 0.290 e. The Kier molecular flexibility index (Phi) is 8.98. The molecule has 0 radical (unpaired) electrons. The molecule has 1 aromatic heterocycles. The zero-order chi connectivity index (χ0) is 23.1. The molecule has 2 N–H and O–H groups in total. The second-order valence-electron chi connectivity index (χ2n) is 9.25. The van der Waals surface area contributed by atoms with Crippen molar-refractivity contribution in [2.45, 2.75) is 70.8 Å². The van der Waals surface area contributed by atoms with Gasteiger partial charge >= 0.3 is 0 Å². The van der Waals surface area contributed by atoms with Crippen molar-refractivity contribution < 1.29 is 19.5 Å². The van der Waals surface area contributed by atoms with Crippen LogP contribution in [0.1, 0.15) is 69.7 Å². The first-order valence-electron chi connectivity index (χ1n) is 11.7. The lowest BCUT2D eigenvalue weighted by Gasteiger charge is -2.36. The van der Waals surface area contributed by atoms with Crippen molar-refractivity contribution >= 4 is 34.8 Å². The van der Waals surface area contributed by atoms with Crippen LogP contribution in [0.15, 0.2) is 0 Å². The van der Waals surface area contributed by atoms with Crippen LogP contribution in [0.5, 0.6) is 0 Å². The van der Waals surface area contributed by atoms with Crippen LogP contribution in [0.3, 0.4) is 0 Å². The Morgan fingerprint density at radius 3 is 2.47 bits per heavy atom. The SMILES string of the molecule is CC(C)c1nnc(N2CC(C(=O)NCC3CCN(C4CCCC4)CC3)CC2=O)s1.O=CO. The Bertz CT molecular complexity index is 772. The molecular weight excluding hydrogens is 430 g/mol. The molecule has 1 unspecified atom stereocenters. The van der Waals surface area contributed by atoms with Gasteiger partial charge < -0.3 is 15.3 Å². The molecule has 0 spiro atoms. The molecule has 3 heterocycles. The number of anilines is 1. The lowest BCUT2D eigenvalue weighted by atomic mass is 9.95. The van der Waals surface area contributed by atoms with Gasteiger partial charge in [0.1, 0.15) is 5.01 Å². The quantitative estimate of drug-likeness (QED) is 0.620. The molecule has 10 heteroatoms. The van der Waals surface area contributed by atoms with Gasteiger partial charge in [-0.05, 0) is 44.7 Å². The van der Waals surface area contributed by atoms with Crippen LogP contribution in [-0.2, 0) is 14.4 Å². The number of hydrogen-bond donors (Lipinski definition) is 2. The van der Waals surface area contributed by atoms with Crippen molar-refractivity contribution in [3.05, 3.63) is 5.01 Å². The van der Waals surface area contributed by atoms with Crippen molar-refractivity contribution in [2.75, 3.05) is 31.1 Å². The predicted octanol–water partition coefficient (Wildman–Crippen LogP) is 2.49. The van der Waals surface area contributed by atoms with E-state index in [9.17, 15) is 9.59 Å². The number of nitrogens with zero attached hydrogens (tertiary/aromatic N) is 4. The first-order valence-corrected chi connectivity index (χ1v) is 12.5. The first kappa shape index (κ1) is 24.6. The van der Waals surface area contributed by atoms with E-state index in [2.05, 4.69) is 34.3 Å². The van der Waals surface area contributed by atoms with Crippen molar-refractivity contribution in [1.29, 1.82) is 0 Å². The molecule has 1 aromatic rings. The number of carboxylic acid groups (broad SMARTS) is 1. The van der Waals surface area contributed by atoms with Gasteiger partial charge in [-0.3, -0.25) is 19.3 Å². The van der Waals surface area contributed by atoms with Crippen LogP contribution in [0, 0.1) is 11.8 Å². The van der Waals surface area contributed by atoms with Crippen LogP contribution in [0.4, 0.5) is 5.13 Å². The minimum absolute atomic E-state index is 0.00710. The zero-order valence-corrected chi connectivity index (χ0v) is 19.9. The highest BCUT2D eigenvalue weighted by atomic mass is 32.1. The van der Waals surface area contributed by atoms with Crippen LogP contribution >= 0.6 is 11.3 Å². The number of likely N-dealkylation sites (tertiary alicyclic amines) is 1. The summed E-state index contributed by atoms with van der Waals surface area (Å²) in [6.07, 6.45) is 8.08. The van der Waals surface area contributed by atoms with E-state index in [1.165, 1.54) is 37.0 Å². The van der Waals surface area contributed by atoms with Crippen LogP contribution < -0.4 is 10.2 Å². The van der Waals surface area contributed by atoms with Gasteiger partial charge in [0.25, 0.3) is 6.47 Å². The fourth-order valence-electron chi connectivity index (χ4n) is 4.82. The summed E-state index contributed by atoms with van der Waals surface area (Å²) in [4.78, 5) is 37.7. The molecule has 2 amide bonds. The Hall–Kier alpha value is -2.07. The number of carbonyl (C=O) groups is 3. The third-order valence-corrected chi connectivity index (χ3v) is 7.95. The lowest BCUT2D eigenvalue weighted by Crippen LogP contribution is -2.43. The van der Waals surface area contributed by atoms with E-state index in [1.807, 2.05) is 0 Å². The van der Waals surface area contributed by atoms with Crippen molar-refractivity contribution in [2.24, 2.45) is 11.8 Å². The molecule has 178 valence electrons. The minimum atomic E-state index is -0.285. The van der Waals surface area contributed by atoms with Crippen molar-refractivity contribution in [3.8, 4) is 0 Å². The van der Waals surface area contributed by atoms with Gasteiger partial charge in [0.05, 0.1) is 5.92 Å². The molecule has 1 aliphatic carbocycles. The Morgan fingerprint density at radius 2 is 1.88 bits per heavy atom. The Labute approximate surface area is 193 Å². The fourth-order valence-corrected chi connectivity index (χ4v) is 5.69. The van der Waals surface area contributed by atoms with Gasteiger partial charge in [0, 0.05) is 31.5 Å². The van der Waals surface area contributed by atoms with Crippen LogP contribution in [0.25, 0.3) is 0 Å². The van der Waals surface area contributed by atoms with Gasteiger partial charge in [0.15, 0.2) is 0 Å². The molecule has 1 atom stereocenters. The number of carbonyl (C=O) groups excluding carboxylic acids is 2. The first-order chi connectivity index (χ1) is 15.4. The summed E-state index contributed by atoms with van der Waals surface area (Å²) < 4.78 is 0. The number of rotatable bonds is 6. The lowest BCUT2D eigenvalue weighted by molar-refractivity contribution is -0.126. The van der Waals surface area contributed by atoms with E-state index in [0.29, 0.717) is 17.6 Å². The van der Waals surface area contributed by atoms with Gasteiger partial charge in [-0.25, -0.2) is 0 Å². The van der Waals surface area contributed by atoms with Gasteiger partial charge in [-0.1, -0.05) is 38.0 Å². The minimum Gasteiger partial charge on any atom is -0.483 e. The standard InChI is InChI=1S/C21H33N5O2S.CH2O2/c1-14(2)20-23-24-21(29-20)26-13-16(11-18(26)27)19(28)22-12-15-7-9-25(10-8-15)17-5-3-4-6-17;2-1-3/h14-17H,3-13H2,1-2H3,(H,22,28);1H,(H,2,3). The summed E-state index contributed by atoms with van der Waals surface area (Å²) in [6.45, 7) is 7.34. The summed E-state index contributed by atoms with van der Waals surface area (Å²) in [7, 11) is 0. The van der Waals surface area contributed by atoms with E-state index in [1.54, 1.807) is 4.90 Å². The van der Waals surface area contributed by atoms with E-state index >= 15 is 0 Å². The van der Waals surface area contributed by atoms with E-state index in [4.69, 9.17) is 9.90 Å². The molecule has 3 aliphatic rings. The average molecular weight is 466 g/mol. The van der Waals surface area contributed by atoms with Gasteiger partial charge in [-0.2, -0.15) is 0 Å². The molecule has 2 saturated heterocycles. The number of hydrogen-bond acceptors (Lipinski definition) is 7. The molecule has 2 aliphatic heterocycles. The van der Waals surface area contributed by atoms with E-state index in [-0.39, 0.29) is 36.5 Å². The second-order valence-corrected chi connectivity index (χ2v) is 10.2. The maximum atomic E-state index is 12.7. The molecular formula is C22H35N5O4S. The topological polar surface area (TPSA) is 116 Å². The molecule has 4 rings (SSSR count). The summed E-state index contributed by atoms with van der Waals surface area (Å²) in [5, 5.41) is 19.9. The Balaban J connectivity index is 0.000000913. The van der Waals surface area contributed by atoms with Gasteiger partial charge in [0.2, 0.25) is 16.9 Å². The summed E-state index contributed by atoms with van der Waals surface area (Å²) in [5.74, 6) is 0.543. The monoisotopic (exact) mass is 465 g/mol. The summed E-state index contributed by atoms with van der Waals surface area (Å²) in [6, 6.07) is 0.803. The molecule has 9 nitrogen and oxygen atoms in total. The molecule has 1 saturated carbocycles. The zero-order valence-electron chi connectivity index (χ0n) is 19.0. The summed E-state index contributed by atoms with van der Waals surface area (Å²) in [5.41, 5.74) is 0. The largest absolute Gasteiger partial charge is 0.483 e. The highest BCUT2D eigenvalue weighted by Gasteiger charge is 2.37. The molecule has 3 fully saturated rings. The smallest absolute Gasteiger partial charge is 0.290 e. The third kappa shape index (κ3) is 6.25. The van der Waals surface area contributed by atoms with E-state index < -0.39 is 0 Å². The van der Waals surface area contributed by atoms with Crippen LogP contribution in [0.2, 0.25) is 0 Å². The second kappa shape index (κ2) is 11.7. The normalized spacial score (nSPS) is 22.8. The fraction of sp³-hybridized carbons (Fsp3) is 0.773. The average Bonchev–Trinajstić information content (AvgIpc) is 3.53. The predicted molar refractivity (Wildman–Crippen MR) is 123 cm³/mol. The molecule has 32 heavy (non-hydrogen) atoms. The molecule has 0 bridgehead atoms. The van der Waals surface area contributed by atoms with Crippen molar-refractivity contribution in [3.63, 3.8) is 0 Å². The maximum absolute atomic E-state index is 12.7. The molecule has 0 aromatic carbocycles. The van der Waals surface area contributed by atoms with Crippen LogP contribution in [-0.4, -0.2) is 70.7 Å². The number of nitrogens with one attached hydrogen (secondary N) is 1. The number of aromatic nitrogens is 2. The van der Waals surface area contributed by atoms with Gasteiger partial charge in [-0.15, -0.1) is 10.2 Å². The van der Waals surface area contributed by atoms with E-state index in [0.717, 1.165) is 43.5 Å². The number of amides is 2. The number of piperidine rings is 1. The third-order valence-electron chi connectivity index (χ3n) is 6.71. The highest BCUT2D eigenvalue weighted by Crippen LogP contribution is 2.31.